The van der Waals surface area contributed by atoms with E-state index >= 15 is 0 Å². The summed E-state index contributed by atoms with van der Waals surface area (Å²) in [6.07, 6.45) is -0.108. The van der Waals surface area contributed by atoms with Crippen molar-refractivity contribution in [2.24, 2.45) is 0 Å². The molecule has 1 aliphatic rings. The molecule has 0 spiro atoms. The van der Waals surface area contributed by atoms with E-state index in [2.05, 4.69) is 28.7 Å². The van der Waals surface area contributed by atoms with Gasteiger partial charge in [0.2, 0.25) is 0 Å². The minimum atomic E-state index is -0.276. The summed E-state index contributed by atoms with van der Waals surface area (Å²) in [7, 11) is 0. The van der Waals surface area contributed by atoms with Gasteiger partial charge in [-0.2, -0.15) is 0 Å². The Balaban J connectivity index is 2.17. The average molecular weight is 263 g/mol. The van der Waals surface area contributed by atoms with Gasteiger partial charge in [-0.3, -0.25) is 0 Å². The number of morpholine rings is 1. The summed E-state index contributed by atoms with van der Waals surface area (Å²) in [5.41, 5.74) is 1.26. The number of para-hydroxylation sites is 1. The minimum absolute atomic E-state index is 0.108. The summed E-state index contributed by atoms with van der Waals surface area (Å²) in [5.74, 6) is 0.532. The number of halogens is 1. The summed E-state index contributed by atoms with van der Waals surface area (Å²) < 4.78 is 21.7. The zero-order valence-corrected chi connectivity index (χ0v) is 11.2. The maximum absolute atomic E-state index is 13.9. The van der Waals surface area contributed by atoms with Crippen LogP contribution in [-0.4, -0.2) is 29.2 Å². The number of imidazole rings is 1. The normalized spacial score (nSPS) is 20.3. The Labute approximate surface area is 111 Å². The van der Waals surface area contributed by atoms with Gasteiger partial charge in [0.25, 0.3) is 0 Å². The zero-order chi connectivity index (χ0) is 13.4. The lowest BCUT2D eigenvalue weighted by Gasteiger charge is -2.25. The van der Waals surface area contributed by atoms with Crippen LogP contribution in [-0.2, 0) is 4.74 Å². The topological polar surface area (TPSA) is 39.1 Å². The van der Waals surface area contributed by atoms with Gasteiger partial charge in [-0.05, 0) is 26.0 Å². The molecule has 0 saturated carbocycles. The molecule has 1 saturated heterocycles. The molecule has 0 aliphatic carbocycles. The lowest BCUT2D eigenvalue weighted by Crippen LogP contribution is -2.34. The van der Waals surface area contributed by atoms with Crippen LogP contribution in [0.5, 0.6) is 0 Å². The number of fused-ring (bicyclic) bond motifs is 1. The molecular weight excluding hydrogens is 245 g/mol. The van der Waals surface area contributed by atoms with Crippen molar-refractivity contribution < 1.29 is 9.13 Å². The molecule has 1 unspecified atom stereocenters. The monoisotopic (exact) mass is 263 g/mol. The predicted molar refractivity (Wildman–Crippen MR) is 71.6 cm³/mol. The number of nitrogens with zero attached hydrogens (tertiary/aromatic N) is 2. The van der Waals surface area contributed by atoms with Gasteiger partial charge in [-0.1, -0.05) is 6.07 Å². The highest BCUT2D eigenvalue weighted by molar-refractivity contribution is 5.77. The fraction of sp³-hybridized carbons (Fsp3) is 0.500. The van der Waals surface area contributed by atoms with Crippen LogP contribution in [0.25, 0.3) is 11.0 Å². The Kier molecular flexibility index (Phi) is 3.24. The van der Waals surface area contributed by atoms with Crippen molar-refractivity contribution >= 4 is 11.0 Å². The fourth-order valence-corrected chi connectivity index (χ4v) is 2.60. The van der Waals surface area contributed by atoms with E-state index in [1.54, 1.807) is 6.07 Å². The average Bonchev–Trinajstić information content (AvgIpc) is 2.81. The molecule has 2 aromatic rings. The second-order valence-electron chi connectivity index (χ2n) is 5.10. The van der Waals surface area contributed by atoms with Crippen molar-refractivity contribution in [3.8, 4) is 0 Å². The Morgan fingerprint density at radius 1 is 1.47 bits per heavy atom. The van der Waals surface area contributed by atoms with Gasteiger partial charge >= 0.3 is 0 Å². The molecule has 1 N–H and O–H groups in total. The first kappa shape index (κ1) is 12.6. The number of aromatic nitrogens is 2. The van der Waals surface area contributed by atoms with Crippen LogP contribution < -0.4 is 5.32 Å². The molecule has 4 nitrogen and oxygen atoms in total. The van der Waals surface area contributed by atoms with E-state index in [1.165, 1.54) is 6.07 Å². The third-order valence-corrected chi connectivity index (χ3v) is 3.43. The number of hydrogen-bond donors (Lipinski definition) is 1. The van der Waals surface area contributed by atoms with Gasteiger partial charge < -0.3 is 14.6 Å². The van der Waals surface area contributed by atoms with E-state index in [1.807, 2.05) is 6.07 Å². The molecule has 19 heavy (non-hydrogen) atoms. The molecule has 5 heteroatoms. The Hall–Kier alpha value is -1.46. The molecule has 1 aliphatic heterocycles. The molecular formula is C14H18FN3O. The van der Waals surface area contributed by atoms with Gasteiger partial charge in [0.1, 0.15) is 17.4 Å². The summed E-state index contributed by atoms with van der Waals surface area (Å²) in [4.78, 5) is 4.48. The number of benzene rings is 1. The van der Waals surface area contributed by atoms with Gasteiger partial charge in [-0.15, -0.1) is 0 Å². The van der Waals surface area contributed by atoms with Gasteiger partial charge in [0.05, 0.1) is 12.1 Å². The summed E-state index contributed by atoms with van der Waals surface area (Å²) in [5, 5.41) is 3.29. The molecule has 1 aromatic carbocycles. The van der Waals surface area contributed by atoms with Crippen LogP contribution in [0.3, 0.4) is 0 Å². The maximum Gasteiger partial charge on any atom is 0.151 e. The highest BCUT2D eigenvalue weighted by atomic mass is 19.1. The van der Waals surface area contributed by atoms with E-state index in [-0.39, 0.29) is 18.0 Å². The Bertz CT molecular complexity index is 588. The number of ether oxygens (including phenoxy) is 1. The van der Waals surface area contributed by atoms with E-state index in [9.17, 15) is 4.39 Å². The summed E-state index contributed by atoms with van der Waals surface area (Å²) in [6.45, 7) is 6.39. The van der Waals surface area contributed by atoms with E-state index < -0.39 is 0 Å². The minimum Gasteiger partial charge on any atom is -0.368 e. The summed E-state index contributed by atoms with van der Waals surface area (Å²) in [6, 6.07) is 5.30. The quantitative estimate of drug-likeness (QED) is 0.904. The second-order valence-corrected chi connectivity index (χ2v) is 5.10. The largest absolute Gasteiger partial charge is 0.368 e. The molecule has 0 amide bonds. The van der Waals surface area contributed by atoms with Crippen LogP contribution in [0.2, 0.25) is 0 Å². The number of hydrogen-bond acceptors (Lipinski definition) is 3. The molecule has 1 aromatic heterocycles. The molecule has 3 rings (SSSR count). The molecule has 0 radical (unpaired) electrons. The smallest absolute Gasteiger partial charge is 0.151 e. The summed E-state index contributed by atoms with van der Waals surface area (Å²) >= 11 is 0. The molecule has 2 heterocycles. The number of rotatable bonds is 2. The molecule has 1 atom stereocenters. The van der Waals surface area contributed by atoms with Crippen LogP contribution in [0.1, 0.15) is 31.8 Å². The van der Waals surface area contributed by atoms with Crippen LogP contribution in [0.15, 0.2) is 18.2 Å². The van der Waals surface area contributed by atoms with Crippen molar-refractivity contribution in [1.29, 1.82) is 0 Å². The standard InChI is InChI=1S/C14H18FN3O/c1-9(2)18-11-5-3-4-10(15)13(11)17-14(18)12-8-16-6-7-19-12/h3-5,9,12,16H,6-8H2,1-2H3. The Morgan fingerprint density at radius 3 is 3.00 bits per heavy atom. The third-order valence-electron chi connectivity index (χ3n) is 3.43. The van der Waals surface area contributed by atoms with Crippen molar-refractivity contribution in [2.75, 3.05) is 19.7 Å². The van der Waals surface area contributed by atoms with E-state index in [0.29, 0.717) is 12.1 Å². The molecule has 1 fully saturated rings. The van der Waals surface area contributed by atoms with E-state index in [0.717, 1.165) is 24.4 Å². The lowest BCUT2D eigenvalue weighted by molar-refractivity contribution is 0.0197. The van der Waals surface area contributed by atoms with Gasteiger partial charge in [-0.25, -0.2) is 9.37 Å². The van der Waals surface area contributed by atoms with Crippen LogP contribution in [0, 0.1) is 5.82 Å². The molecule has 0 bridgehead atoms. The van der Waals surface area contributed by atoms with Crippen molar-refractivity contribution in [3.05, 3.63) is 29.8 Å². The SMILES string of the molecule is CC(C)n1c(C2CNCCO2)nc2c(F)cccc21. The Morgan fingerprint density at radius 2 is 2.32 bits per heavy atom. The van der Waals surface area contributed by atoms with Gasteiger partial charge in [0, 0.05) is 19.1 Å². The van der Waals surface area contributed by atoms with Crippen molar-refractivity contribution in [1.82, 2.24) is 14.9 Å². The highest BCUT2D eigenvalue weighted by Crippen LogP contribution is 2.28. The lowest BCUT2D eigenvalue weighted by atomic mass is 10.2. The molecule has 102 valence electrons. The van der Waals surface area contributed by atoms with Crippen LogP contribution in [0.4, 0.5) is 4.39 Å². The first-order chi connectivity index (χ1) is 9.18. The fourth-order valence-electron chi connectivity index (χ4n) is 2.60. The van der Waals surface area contributed by atoms with Gasteiger partial charge in [0.15, 0.2) is 5.82 Å². The number of nitrogens with one attached hydrogen (secondary N) is 1. The maximum atomic E-state index is 13.9. The van der Waals surface area contributed by atoms with E-state index in [4.69, 9.17) is 4.74 Å². The first-order valence-electron chi connectivity index (χ1n) is 6.67. The van der Waals surface area contributed by atoms with Crippen molar-refractivity contribution in [3.63, 3.8) is 0 Å². The van der Waals surface area contributed by atoms with Crippen molar-refractivity contribution in [2.45, 2.75) is 26.0 Å². The second kappa shape index (κ2) is 4.90. The van der Waals surface area contributed by atoms with Crippen LogP contribution >= 0.6 is 0 Å². The third kappa shape index (κ3) is 2.13. The zero-order valence-electron chi connectivity index (χ0n) is 11.2. The highest BCUT2D eigenvalue weighted by Gasteiger charge is 2.25. The first-order valence-corrected chi connectivity index (χ1v) is 6.67. The predicted octanol–water partition coefficient (Wildman–Crippen LogP) is 2.42.